The van der Waals surface area contributed by atoms with E-state index in [0.29, 0.717) is 28.2 Å². The van der Waals surface area contributed by atoms with Gasteiger partial charge in [0, 0.05) is 5.92 Å². The average molecular weight is 272 g/mol. The molecule has 0 amide bonds. The number of para-hydroxylation sites is 1. The SMILES string of the molecule is CC(C)CC1CC(=O)Oc2c1c(=O)oc1ccccc21. The van der Waals surface area contributed by atoms with Crippen LogP contribution in [0.2, 0.25) is 0 Å². The zero-order chi connectivity index (χ0) is 14.3. The zero-order valence-electron chi connectivity index (χ0n) is 11.5. The van der Waals surface area contributed by atoms with Crippen molar-refractivity contribution >= 4 is 16.9 Å². The lowest BCUT2D eigenvalue weighted by atomic mass is 9.86. The van der Waals surface area contributed by atoms with Crippen LogP contribution in [0.3, 0.4) is 0 Å². The van der Waals surface area contributed by atoms with Crippen LogP contribution in [0.15, 0.2) is 33.5 Å². The highest BCUT2D eigenvalue weighted by atomic mass is 16.5. The highest BCUT2D eigenvalue weighted by Crippen LogP contribution is 2.39. The molecule has 0 aliphatic carbocycles. The maximum atomic E-state index is 12.2. The molecule has 1 aliphatic rings. The minimum atomic E-state index is -0.392. The van der Waals surface area contributed by atoms with Crippen molar-refractivity contribution in [3.63, 3.8) is 0 Å². The quantitative estimate of drug-likeness (QED) is 0.622. The Morgan fingerprint density at radius 3 is 2.75 bits per heavy atom. The summed E-state index contributed by atoms with van der Waals surface area (Å²) in [6, 6.07) is 7.13. The minimum absolute atomic E-state index is 0.118. The fourth-order valence-corrected chi connectivity index (χ4v) is 2.83. The van der Waals surface area contributed by atoms with Crippen LogP contribution in [0.5, 0.6) is 5.75 Å². The monoisotopic (exact) mass is 272 g/mol. The molecule has 1 atom stereocenters. The van der Waals surface area contributed by atoms with Gasteiger partial charge >= 0.3 is 11.6 Å². The number of fused-ring (bicyclic) bond motifs is 3. The van der Waals surface area contributed by atoms with Crippen LogP contribution in [0.25, 0.3) is 11.0 Å². The summed E-state index contributed by atoms with van der Waals surface area (Å²) in [4.78, 5) is 24.0. The molecule has 4 nitrogen and oxygen atoms in total. The molecule has 1 aromatic heterocycles. The maximum Gasteiger partial charge on any atom is 0.343 e. The van der Waals surface area contributed by atoms with Gasteiger partial charge in [0.15, 0.2) is 5.75 Å². The summed E-state index contributed by atoms with van der Waals surface area (Å²) in [6.45, 7) is 4.14. The molecule has 0 bridgehead atoms. The number of hydrogen-bond donors (Lipinski definition) is 0. The van der Waals surface area contributed by atoms with Gasteiger partial charge in [0.05, 0.1) is 17.4 Å². The molecule has 2 aromatic rings. The van der Waals surface area contributed by atoms with Crippen molar-refractivity contribution in [3.8, 4) is 5.75 Å². The van der Waals surface area contributed by atoms with E-state index in [2.05, 4.69) is 13.8 Å². The smallest absolute Gasteiger partial charge is 0.343 e. The van der Waals surface area contributed by atoms with Crippen molar-refractivity contribution in [2.75, 3.05) is 0 Å². The molecule has 0 spiro atoms. The minimum Gasteiger partial charge on any atom is -0.425 e. The largest absolute Gasteiger partial charge is 0.425 e. The number of esters is 1. The molecule has 0 fully saturated rings. The Kier molecular flexibility index (Phi) is 3.08. The van der Waals surface area contributed by atoms with Gasteiger partial charge in [0.1, 0.15) is 5.58 Å². The van der Waals surface area contributed by atoms with Crippen molar-refractivity contribution in [2.24, 2.45) is 5.92 Å². The van der Waals surface area contributed by atoms with Crippen molar-refractivity contribution in [1.29, 1.82) is 0 Å². The van der Waals surface area contributed by atoms with Gasteiger partial charge in [-0.05, 0) is 24.5 Å². The second-order valence-electron chi connectivity index (χ2n) is 5.63. The van der Waals surface area contributed by atoms with E-state index in [1.165, 1.54) is 0 Å². The molecular weight excluding hydrogens is 256 g/mol. The highest BCUT2D eigenvalue weighted by molar-refractivity contribution is 5.89. The second kappa shape index (κ2) is 4.78. The number of benzene rings is 1. The van der Waals surface area contributed by atoms with Crippen molar-refractivity contribution in [3.05, 3.63) is 40.2 Å². The van der Waals surface area contributed by atoms with Gasteiger partial charge in [-0.1, -0.05) is 26.0 Å². The fraction of sp³-hybridized carbons (Fsp3) is 0.375. The van der Waals surface area contributed by atoms with Crippen molar-refractivity contribution < 1.29 is 13.9 Å². The Labute approximate surface area is 116 Å². The average Bonchev–Trinajstić information content (AvgIpc) is 2.37. The van der Waals surface area contributed by atoms with Gasteiger partial charge in [-0.3, -0.25) is 4.79 Å². The van der Waals surface area contributed by atoms with Crippen LogP contribution in [0.1, 0.15) is 38.2 Å². The molecule has 1 aromatic carbocycles. The Bertz CT molecular complexity index is 727. The van der Waals surface area contributed by atoms with E-state index in [9.17, 15) is 9.59 Å². The lowest BCUT2D eigenvalue weighted by molar-refractivity contribution is -0.136. The normalized spacial score (nSPS) is 18.1. The first kappa shape index (κ1) is 12.9. The summed E-state index contributed by atoms with van der Waals surface area (Å²) >= 11 is 0. The van der Waals surface area contributed by atoms with E-state index < -0.39 is 5.63 Å². The lowest BCUT2D eigenvalue weighted by Gasteiger charge is -2.25. The number of carbonyl (C=O) groups is 1. The predicted octanol–water partition coefficient (Wildman–Crippen LogP) is 3.23. The summed E-state index contributed by atoms with van der Waals surface area (Å²) < 4.78 is 10.7. The fourth-order valence-electron chi connectivity index (χ4n) is 2.83. The maximum absolute atomic E-state index is 12.2. The molecule has 3 rings (SSSR count). The molecular formula is C16H16O4. The molecule has 0 saturated heterocycles. The first-order chi connectivity index (χ1) is 9.56. The topological polar surface area (TPSA) is 56.5 Å². The highest BCUT2D eigenvalue weighted by Gasteiger charge is 2.32. The molecule has 0 radical (unpaired) electrons. The number of rotatable bonds is 2. The van der Waals surface area contributed by atoms with Gasteiger partial charge in [-0.2, -0.15) is 0 Å². The third-order valence-electron chi connectivity index (χ3n) is 3.59. The molecule has 2 heterocycles. The van der Waals surface area contributed by atoms with Crippen LogP contribution in [0.4, 0.5) is 0 Å². The van der Waals surface area contributed by atoms with Gasteiger partial charge in [0.2, 0.25) is 0 Å². The summed E-state index contributed by atoms with van der Waals surface area (Å²) in [5, 5.41) is 0.684. The summed E-state index contributed by atoms with van der Waals surface area (Å²) in [5.74, 6) is 0.384. The molecule has 0 N–H and O–H groups in total. The Hall–Kier alpha value is -2.10. The van der Waals surface area contributed by atoms with E-state index >= 15 is 0 Å². The predicted molar refractivity (Wildman–Crippen MR) is 74.9 cm³/mol. The first-order valence-corrected chi connectivity index (χ1v) is 6.82. The Balaban J connectivity index is 2.26. The third-order valence-corrected chi connectivity index (χ3v) is 3.59. The van der Waals surface area contributed by atoms with Crippen LogP contribution in [-0.2, 0) is 4.79 Å². The zero-order valence-corrected chi connectivity index (χ0v) is 11.5. The van der Waals surface area contributed by atoms with Crippen molar-refractivity contribution in [2.45, 2.75) is 32.6 Å². The van der Waals surface area contributed by atoms with Gasteiger partial charge < -0.3 is 9.15 Å². The number of carbonyl (C=O) groups excluding carboxylic acids is 1. The summed E-state index contributed by atoms with van der Waals surface area (Å²) in [7, 11) is 0. The molecule has 20 heavy (non-hydrogen) atoms. The molecule has 104 valence electrons. The van der Waals surface area contributed by atoms with Crippen LogP contribution < -0.4 is 10.4 Å². The van der Waals surface area contributed by atoms with E-state index in [1.807, 2.05) is 12.1 Å². The van der Waals surface area contributed by atoms with E-state index in [0.717, 1.165) is 6.42 Å². The van der Waals surface area contributed by atoms with Crippen molar-refractivity contribution in [1.82, 2.24) is 0 Å². The first-order valence-electron chi connectivity index (χ1n) is 6.82. The molecule has 1 aliphatic heterocycles. The third kappa shape index (κ3) is 2.11. The molecule has 0 saturated carbocycles. The number of ether oxygens (including phenoxy) is 1. The molecule has 4 heteroatoms. The standard InChI is InChI=1S/C16H16O4/c1-9(2)7-10-8-13(17)20-15-11-5-3-4-6-12(11)19-16(18)14(10)15/h3-6,9-10H,7-8H2,1-2H3. The van der Waals surface area contributed by atoms with Crippen LogP contribution in [-0.4, -0.2) is 5.97 Å². The van der Waals surface area contributed by atoms with Gasteiger partial charge in [-0.25, -0.2) is 4.79 Å². The summed E-state index contributed by atoms with van der Waals surface area (Å²) in [6.07, 6.45) is 1.01. The Morgan fingerprint density at radius 2 is 2.00 bits per heavy atom. The lowest BCUT2D eigenvalue weighted by Crippen LogP contribution is -2.26. The second-order valence-corrected chi connectivity index (χ2v) is 5.63. The van der Waals surface area contributed by atoms with Crippen LogP contribution >= 0.6 is 0 Å². The van der Waals surface area contributed by atoms with E-state index in [4.69, 9.17) is 9.15 Å². The Morgan fingerprint density at radius 1 is 1.25 bits per heavy atom. The van der Waals surface area contributed by atoms with E-state index in [1.54, 1.807) is 12.1 Å². The summed E-state index contributed by atoms with van der Waals surface area (Å²) in [5.41, 5.74) is 0.572. The molecule has 1 unspecified atom stereocenters. The van der Waals surface area contributed by atoms with Crippen LogP contribution in [0, 0.1) is 5.92 Å². The van der Waals surface area contributed by atoms with Gasteiger partial charge in [-0.15, -0.1) is 0 Å². The number of hydrogen-bond acceptors (Lipinski definition) is 4. The van der Waals surface area contributed by atoms with E-state index in [-0.39, 0.29) is 18.3 Å². The van der Waals surface area contributed by atoms with Gasteiger partial charge in [0.25, 0.3) is 0 Å².